The highest BCUT2D eigenvalue weighted by atomic mass is 16.6. The third kappa shape index (κ3) is 5.71. The highest BCUT2D eigenvalue weighted by Gasteiger charge is 2.16. The van der Waals surface area contributed by atoms with E-state index in [1.807, 2.05) is 0 Å². The van der Waals surface area contributed by atoms with Gasteiger partial charge in [0.25, 0.3) is 0 Å². The van der Waals surface area contributed by atoms with E-state index >= 15 is 0 Å². The maximum Gasteiger partial charge on any atom is 0.412 e. The predicted molar refractivity (Wildman–Crippen MR) is 73.5 cm³/mol. The lowest BCUT2D eigenvalue weighted by Crippen LogP contribution is -2.27. The topological polar surface area (TPSA) is 95.9 Å². The summed E-state index contributed by atoms with van der Waals surface area (Å²) in [6.07, 6.45) is -2.00. The van der Waals surface area contributed by atoms with Gasteiger partial charge in [-0.25, -0.2) is 4.79 Å². The van der Waals surface area contributed by atoms with E-state index in [-0.39, 0.29) is 6.42 Å². The number of carbonyl (C=O) groups is 2. The average Bonchev–Trinajstić information content (AvgIpc) is 2.26. The van der Waals surface area contributed by atoms with E-state index in [1.54, 1.807) is 45.0 Å². The standard InChI is InChI=1S/C14H19NO5/c1-14(2,3)20-13(19)15-10-6-4-9(5-7-10)11(16)8-12(17)18/h4-7,11,16H,8H2,1-3H3,(H,15,19)(H,17,18). The molecular formula is C14H19NO5. The van der Waals surface area contributed by atoms with Crippen molar-refractivity contribution in [3.05, 3.63) is 29.8 Å². The number of carbonyl (C=O) groups excluding carboxylic acids is 1. The van der Waals surface area contributed by atoms with Crippen LogP contribution in [0.3, 0.4) is 0 Å². The lowest BCUT2D eigenvalue weighted by Gasteiger charge is -2.19. The summed E-state index contributed by atoms with van der Waals surface area (Å²) in [5.74, 6) is -1.08. The summed E-state index contributed by atoms with van der Waals surface area (Å²) in [4.78, 5) is 22.0. The average molecular weight is 281 g/mol. The van der Waals surface area contributed by atoms with Crippen LogP contribution in [0.2, 0.25) is 0 Å². The molecule has 1 aromatic carbocycles. The van der Waals surface area contributed by atoms with Gasteiger partial charge >= 0.3 is 12.1 Å². The van der Waals surface area contributed by atoms with Crippen LogP contribution in [0.15, 0.2) is 24.3 Å². The van der Waals surface area contributed by atoms with Crippen LogP contribution in [0.4, 0.5) is 10.5 Å². The van der Waals surface area contributed by atoms with Crippen LogP contribution in [0.5, 0.6) is 0 Å². The number of anilines is 1. The summed E-state index contributed by atoms with van der Waals surface area (Å²) in [7, 11) is 0. The third-order valence-electron chi connectivity index (χ3n) is 2.31. The molecule has 0 spiro atoms. The molecule has 0 saturated heterocycles. The number of rotatable bonds is 4. The van der Waals surface area contributed by atoms with E-state index in [0.717, 1.165) is 0 Å². The number of nitrogens with one attached hydrogen (secondary N) is 1. The van der Waals surface area contributed by atoms with Crippen molar-refractivity contribution in [3.8, 4) is 0 Å². The zero-order chi connectivity index (χ0) is 15.3. The van der Waals surface area contributed by atoms with E-state index in [4.69, 9.17) is 9.84 Å². The number of aliphatic hydroxyl groups is 1. The zero-order valence-corrected chi connectivity index (χ0v) is 11.7. The summed E-state index contributed by atoms with van der Waals surface area (Å²) in [5.41, 5.74) is 0.398. The molecular weight excluding hydrogens is 262 g/mol. The van der Waals surface area contributed by atoms with Crippen molar-refractivity contribution < 1.29 is 24.5 Å². The molecule has 0 fully saturated rings. The minimum atomic E-state index is -1.08. The Kier molecular flexibility index (Phi) is 5.10. The monoisotopic (exact) mass is 281 g/mol. The zero-order valence-electron chi connectivity index (χ0n) is 11.7. The lowest BCUT2D eigenvalue weighted by molar-refractivity contribution is -0.139. The minimum Gasteiger partial charge on any atom is -0.481 e. The van der Waals surface area contributed by atoms with Crippen LogP contribution in [-0.4, -0.2) is 27.9 Å². The van der Waals surface area contributed by atoms with E-state index in [0.29, 0.717) is 11.3 Å². The summed E-state index contributed by atoms with van der Waals surface area (Å²) in [6, 6.07) is 6.26. The first-order chi connectivity index (χ1) is 9.17. The number of ether oxygens (including phenoxy) is 1. The number of amides is 1. The van der Waals surface area contributed by atoms with Crippen LogP contribution < -0.4 is 5.32 Å². The molecule has 0 saturated carbocycles. The van der Waals surface area contributed by atoms with Gasteiger partial charge in [0.2, 0.25) is 0 Å². The number of aliphatic hydroxyl groups excluding tert-OH is 1. The smallest absolute Gasteiger partial charge is 0.412 e. The van der Waals surface area contributed by atoms with E-state index in [2.05, 4.69) is 5.32 Å². The fraction of sp³-hybridized carbons (Fsp3) is 0.429. The Balaban J connectivity index is 2.63. The molecule has 0 radical (unpaired) electrons. The van der Waals surface area contributed by atoms with Crippen molar-refractivity contribution >= 4 is 17.7 Å². The Morgan fingerprint density at radius 1 is 1.25 bits per heavy atom. The Bertz CT molecular complexity index is 475. The Hall–Kier alpha value is -2.08. The first-order valence-electron chi connectivity index (χ1n) is 6.17. The highest BCUT2D eigenvalue weighted by Crippen LogP contribution is 2.19. The summed E-state index contributed by atoms with van der Waals surface area (Å²) < 4.78 is 5.09. The summed E-state index contributed by atoms with van der Waals surface area (Å²) >= 11 is 0. The molecule has 0 aromatic heterocycles. The molecule has 0 bridgehead atoms. The van der Waals surface area contributed by atoms with Gasteiger partial charge in [0.1, 0.15) is 5.60 Å². The SMILES string of the molecule is CC(C)(C)OC(=O)Nc1ccc(C(O)CC(=O)O)cc1. The van der Waals surface area contributed by atoms with Crippen LogP contribution in [-0.2, 0) is 9.53 Å². The molecule has 6 heteroatoms. The van der Waals surface area contributed by atoms with Gasteiger partial charge in [-0.2, -0.15) is 0 Å². The lowest BCUT2D eigenvalue weighted by atomic mass is 10.1. The molecule has 3 N–H and O–H groups in total. The van der Waals surface area contributed by atoms with Gasteiger partial charge in [0, 0.05) is 5.69 Å². The molecule has 0 aliphatic heterocycles. The van der Waals surface area contributed by atoms with Crippen LogP contribution in [0, 0.1) is 0 Å². The fourth-order valence-electron chi connectivity index (χ4n) is 1.49. The fourth-order valence-corrected chi connectivity index (χ4v) is 1.49. The number of carboxylic acid groups (broad SMARTS) is 1. The number of hydrogen-bond acceptors (Lipinski definition) is 4. The molecule has 0 aliphatic rings. The highest BCUT2D eigenvalue weighted by molar-refractivity contribution is 5.84. The maximum absolute atomic E-state index is 11.5. The molecule has 6 nitrogen and oxygen atoms in total. The normalized spacial score (nSPS) is 12.6. The molecule has 20 heavy (non-hydrogen) atoms. The van der Waals surface area contributed by atoms with Gasteiger partial charge in [-0.1, -0.05) is 12.1 Å². The second kappa shape index (κ2) is 6.38. The second-order valence-electron chi connectivity index (χ2n) is 5.36. The number of carboxylic acids is 1. The van der Waals surface area contributed by atoms with Crippen LogP contribution in [0.25, 0.3) is 0 Å². The summed E-state index contributed by atoms with van der Waals surface area (Å²) in [5, 5.41) is 20.8. The first-order valence-corrected chi connectivity index (χ1v) is 6.17. The number of hydrogen-bond donors (Lipinski definition) is 3. The van der Waals surface area contributed by atoms with Crippen molar-refractivity contribution in [2.45, 2.75) is 38.9 Å². The van der Waals surface area contributed by atoms with Gasteiger partial charge in [0.05, 0.1) is 12.5 Å². The van der Waals surface area contributed by atoms with Gasteiger partial charge in [-0.3, -0.25) is 10.1 Å². The third-order valence-corrected chi connectivity index (χ3v) is 2.31. The largest absolute Gasteiger partial charge is 0.481 e. The minimum absolute atomic E-state index is 0.362. The Morgan fingerprint density at radius 3 is 2.25 bits per heavy atom. The van der Waals surface area contributed by atoms with Crippen molar-refractivity contribution in [1.82, 2.24) is 0 Å². The number of benzene rings is 1. The van der Waals surface area contributed by atoms with E-state index in [9.17, 15) is 14.7 Å². The molecule has 1 atom stereocenters. The quantitative estimate of drug-likeness (QED) is 0.788. The summed E-state index contributed by atoms with van der Waals surface area (Å²) in [6.45, 7) is 5.29. The van der Waals surface area contributed by atoms with Gasteiger partial charge in [0.15, 0.2) is 0 Å². The van der Waals surface area contributed by atoms with E-state index < -0.39 is 23.8 Å². The number of aliphatic carboxylic acids is 1. The molecule has 1 rings (SSSR count). The van der Waals surface area contributed by atoms with Crippen LogP contribution >= 0.6 is 0 Å². The molecule has 0 heterocycles. The first kappa shape index (κ1) is 16.0. The van der Waals surface area contributed by atoms with Gasteiger partial charge in [-0.15, -0.1) is 0 Å². The van der Waals surface area contributed by atoms with Crippen molar-refractivity contribution in [2.24, 2.45) is 0 Å². The second-order valence-corrected chi connectivity index (χ2v) is 5.36. The van der Waals surface area contributed by atoms with E-state index in [1.165, 1.54) is 0 Å². The Labute approximate surface area is 117 Å². The van der Waals surface area contributed by atoms with Crippen LogP contribution in [0.1, 0.15) is 38.9 Å². The maximum atomic E-state index is 11.5. The molecule has 110 valence electrons. The predicted octanol–water partition coefficient (Wildman–Crippen LogP) is 2.54. The van der Waals surface area contributed by atoms with Crippen molar-refractivity contribution in [1.29, 1.82) is 0 Å². The van der Waals surface area contributed by atoms with Crippen molar-refractivity contribution in [2.75, 3.05) is 5.32 Å². The molecule has 0 aliphatic carbocycles. The molecule has 1 aromatic rings. The Morgan fingerprint density at radius 2 is 1.80 bits per heavy atom. The molecule has 1 unspecified atom stereocenters. The van der Waals surface area contributed by atoms with Crippen molar-refractivity contribution in [3.63, 3.8) is 0 Å². The molecule has 1 amide bonds. The van der Waals surface area contributed by atoms with Gasteiger partial charge < -0.3 is 14.9 Å². The van der Waals surface area contributed by atoms with Gasteiger partial charge in [-0.05, 0) is 38.5 Å².